The molecule has 0 aromatic carbocycles. The summed E-state index contributed by atoms with van der Waals surface area (Å²) in [7, 11) is 1.87. The van der Waals surface area contributed by atoms with E-state index in [9.17, 15) is 0 Å². The molecule has 0 amide bonds. The van der Waals surface area contributed by atoms with E-state index in [1.165, 1.54) is 32.1 Å². The second kappa shape index (κ2) is 6.15. The molecule has 3 aliphatic rings. The minimum Gasteiger partial charge on any atom is -0.377 e. The molecule has 3 N–H and O–H groups in total. The number of hydrazine groups is 1. The number of ether oxygens (including phenoxy) is 2. The fourth-order valence-corrected chi connectivity index (χ4v) is 4.88. The summed E-state index contributed by atoms with van der Waals surface area (Å²) in [4.78, 5) is 0. The molecule has 0 aromatic rings. The molecule has 0 aromatic heterocycles. The van der Waals surface area contributed by atoms with Crippen LogP contribution >= 0.6 is 0 Å². The van der Waals surface area contributed by atoms with E-state index in [-0.39, 0.29) is 17.2 Å². The van der Waals surface area contributed by atoms with Crippen molar-refractivity contribution >= 4 is 0 Å². The monoisotopic (exact) mass is 296 g/mol. The lowest BCUT2D eigenvalue weighted by Gasteiger charge is -2.52. The molecule has 1 heterocycles. The summed E-state index contributed by atoms with van der Waals surface area (Å²) in [5, 5.41) is 0. The Bertz CT molecular complexity index is 349. The lowest BCUT2D eigenvalue weighted by molar-refractivity contribution is -0.165. The first-order valence-electron chi connectivity index (χ1n) is 8.78. The van der Waals surface area contributed by atoms with Crippen molar-refractivity contribution in [2.45, 2.75) is 82.0 Å². The van der Waals surface area contributed by atoms with Crippen LogP contribution in [0.1, 0.15) is 64.7 Å². The van der Waals surface area contributed by atoms with E-state index in [4.69, 9.17) is 15.3 Å². The van der Waals surface area contributed by atoms with Crippen LogP contribution in [0.15, 0.2) is 0 Å². The fraction of sp³-hybridized carbons (Fsp3) is 1.00. The van der Waals surface area contributed by atoms with Crippen LogP contribution in [-0.2, 0) is 9.47 Å². The van der Waals surface area contributed by atoms with E-state index < -0.39 is 0 Å². The molecule has 1 aliphatic heterocycles. The average Bonchev–Trinajstić information content (AvgIpc) is 2.49. The van der Waals surface area contributed by atoms with Crippen LogP contribution in [-0.4, -0.2) is 31.0 Å². The van der Waals surface area contributed by atoms with Crippen LogP contribution in [0, 0.1) is 11.8 Å². The Kier molecular flexibility index (Phi) is 4.60. The Hall–Kier alpha value is -0.160. The molecule has 2 saturated carbocycles. The highest BCUT2D eigenvalue weighted by atomic mass is 16.5. The molecule has 122 valence electrons. The van der Waals surface area contributed by atoms with Crippen LogP contribution in [0.3, 0.4) is 0 Å². The maximum Gasteiger partial charge on any atom is 0.0847 e. The normalized spacial score (nSPS) is 40.7. The Morgan fingerprint density at radius 3 is 2.43 bits per heavy atom. The van der Waals surface area contributed by atoms with E-state index in [1.807, 2.05) is 7.11 Å². The van der Waals surface area contributed by atoms with Crippen molar-refractivity contribution in [1.29, 1.82) is 0 Å². The predicted octanol–water partition coefficient (Wildman–Crippen LogP) is 2.76. The van der Waals surface area contributed by atoms with Gasteiger partial charge in [-0.3, -0.25) is 11.3 Å². The van der Waals surface area contributed by atoms with Crippen LogP contribution < -0.4 is 11.3 Å². The quantitative estimate of drug-likeness (QED) is 0.619. The number of hydrogen-bond acceptors (Lipinski definition) is 4. The van der Waals surface area contributed by atoms with Gasteiger partial charge in [-0.05, 0) is 69.6 Å². The molecule has 0 bridgehead atoms. The maximum atomic E-state index is 6.09. The first-order chi connectivity index (χ1) is 10.1. The SMILES string of the molecule is COC1(C(NN)C2CCOC3(CCC3)C2)CCC(C)CC1. The minimum absolute atomic E-state index is 0.0752. The third-order valence-corrected chi connectivity index (χ3v) is 6.54. The van der Waals surface area contributed by atoms with E-state index in [0.717, 1.165) is 38.2 Å². The molecule has 2 aliphatic carbocycles. The summed E-state index contributed by atoms with van der Waals surface area (Å²) >= 11 is 0. The van der Waals surface area contributed by atoms with E-state index in [2.05, 4.69) is 12.3 Å². The topological polar surface area (TPSA) is 56.5 Å². The first kappa shape index (κ1) is 15.7. The highest BCUT2D eigenvalue weighted by molar-refractivity contribution is 5.03. The van der Waals surface area contributed by atoms with Gasteiger partial charge in [0.2, 0.25) is 0 Å². The summed E-state index contributed by atoms with van der Waals surface area (Å²) in [5.41, 5.74) is 3.25. The standard InChI is InChI=1S/C17H32N2O2/c1-13-4-9-17(20-2,10-5-13)15(19-18)14-6-11-21-16(12-14)7-3-8-16/h13-15,19H,3-12,18H2,1-2H3. The van der Waals surface area contributed by atoms with E-state index in [0.29, 0.717) is 5.92 Å². The van der Waals surface area contributed by atoms with Crippen molar-refractivity contribution in [3.8, 4) is 0 Å². The third-order valence-electron chi connectivity index (χ3n) is 6.54. The molecule has 0 radical (unpaired) electrons. The van der Waals surface area contributed by atoms with Crippen molar-refractivity contribution in [3.05, 3.63) is 0 Å². The van der Waals surface area contributed by atoms with Gasteiger partial charge in [-0.15, -0.1) is 0 Å². The lowest BCUT2D eigenvalue weighted by atomic mass is 9.65. The summed E-state index contributed by atoms with van der Waals surface area (Å²) in [6, 6.07) is 0.261. The molecule has 2 unspecified atom stereocenters. The highest BCUT2D eigenvalue weighted by Gasteiger charge is 2.50. The van der Waals surface area contributed by atoms with Gasteiger partial charge in [0.25, 0.3) is 0 Å². The molecule has 3 rings (SSSR count). The summed E-state index contributed by atoms with van der Waals surface area (Å²) in [6.45, 7) is 3.24. The smallest absolute Gasteiger partial charge is 0.0847 e. The van der Waals surface area contributed by atoms with Crippen LogP contribution in [0.4, 0.5) is 0 Å². The summed E-state index contributed by atoms with van der Waals surface area (Å²) < 4.78 is 12.2. The van der Waals surface area contributed by atoms with Crippen molar-refractivity contribution in [3.63, 3.8) is 0 Å². The van der Waals surface area contributed by atoms with Gasteiger partial charge >= 0.3 is 0 Å². The Morgan fingerprint density at radius 1 is 1.19 bits per heavy atom. The molecule has 2 atom stereocenters. The summed E-state index contributed by atoms with van der Waals surface area (Å²) in [6.07, 6.45) is 10.8. The number of rotatable bonds is 4. The van der Waals surface area contributed by atoms with Gasteiger partial charge in [-0.25, -0.2) is 0 Å². The van der Waals surface area contributed by atoms with Crippen LogP contribution in [0.2, 0.25) is 0 Å². The molecular formula is C17H32N2O2. The Labute approximate surface area is 129 Å². The van der Waals surface area contributed by atoms with Gasteiger partial charge in [0.15, 0.2) is 0 Å². The predicted molar refractivity (Wildman–Crippen MR) is 83.7 cm³/mol. The van der Waals surface area contributed by atoms with Gasteiger partial charge in [-0.2, -0.15) is 0 Å². The Morgan fingerprint density at radius 2 is 1.90 bits per heavy atom. The zero-order chi connectivity index (χ0) is 14.9. The second-order valence-corrected chi connectivity index (χ2v) is 7.73. The fourth-order valence-electron chi connectivity index (χ4n) is 4.88. The molecule has 4 heteroatoms. The molecule has 21 heavy (non-hydrogen) atoms. The molecular weight excluding hydrogens is 264 g/mol. The average molecular weight is 296 g/mol. The third kappa shape index (κ3) is 2.88. The number of nitrogens with two attached hydrogens (primary N) is 1. The van der Waals surface area contributed by atoms with Crippen molar-refractivity contribution < 1.29 is 9.47 Å². The largest absolute Gasteiger partial charge is 0.377 e. The zero-order valence-corrected chi connectivity index (χ0v) is 13.7. The van der Waals surface area contributed by atoms with Gasteiger partial charge in [0, 0.05) is 13.7 Å². The van der Waals surface area contributed by atoms with Gasteiger partial charge in [-0.1, -0.05) is 6.92 Å². The van der Waals surface area contributed by atoms with E-state index in [1.54, 1.807) is 0 Å². The van der Waals surface area contributed by atoms with E-state index >= 15 is 0 Å². The first-order valence-corrected chi connectivity index (χ1v) is 8.78. The number of nitrogens with one attached hydrogen (secondary N) is 1. The number of hydrogen-bond donors (Lipinski definition) is 2. The zero-order valence-electron chi connectivity index (χ0n) is 13.7. The number of methoxy groups -OCH3 is 1. The molecule has 1 spiro atoms. The molecule has 3 fully saturated rings. The molecule has 1 saturated heterocycles. The van der Waals surface area contributed by atoms with Gasteiger partial charge in [0.1, 0.15) is 0 Å². The minimum atomic E-state index is -0.0752. The van der Waals surface area contributed by atoms with Crippen molar-refractivity contribution in [2.75, 3.05) is 13.7 Å². The van der Waals surface area contributed by atoms with Gasteiger partial charge < -0.3 is 9.47 Å². The summed E-state index contributed by atoms with van der Waals surface area (Å²) in [5.74, 6) is 7.41. The van der Waals surface area contributed by atoms with Crippen LogP contribution in [0.25, 0.3) is 0 Å². The van der Waals surface area contributed by atoms with Crippen molar-refractivity contribution in [2.24, 2.45) is 17.7 Å². The van der Waals surface area contributed by atoms with Crippen LogP contribution in [0.5, 0.6) is 0 Å². The molecule has 4 nitrogen and oxygen atoms in total. The maximum absolute atomic E-state index is 6.09. The highest BCUT2D eigenvalue weighted by Crippen LogP contribution is 2.48. The second-order valence-electron chi connectivity index (χ2n) is 7.73. The Balaban J connectivity index is 1.73. The van der Waals surface area contributed by atoms with Crippen molar-refractivity contribution in [1.82, 2.24) is 5.43 Å². The van der Waals surface area contributed by atoms with Gasteiger partial charge in [0.05, 0.1) is 17.2 Å². The lowest BCUT2D eigenvalue weighted by Crippen LogP contribution is -2.62.